The molecule has 2 aromatic carbocycles. The fraction of sp³-hybridized carbons (Fsp3) is 0.391. The predicted molar refractivity (Wildman–Crippen MR) is 99.3 cm³/mol. The first-order chi connectivity index (χ1) is 13.1. The summed E-state index contributed by atoms with van der Waals surface area (Å²) in [6.07, 6.45) is 0.577. The smallest absolute Gasteiger partial charge is 0.311 e. The van der Waals surface area contributed by atoms with E-state index in [-0.39, 0.29) is 30.6 Å². The first kappa shape index (κ1) is 16.5. The van der Waals surface area contributed by atoms with Crippen LogP contribution in [-0.2, 0) is 24.5 Å². The molecule has 0 saturated carbocycles. The zero-order valence-corrected chi connectivity index (χ0v) is 15.5. The van der Waals surface area contributed by atoms with E-state index in [0.717, 1.165) is 28.7 Å². The Bertz CT molecular complexity index is 899. The summed E-state index contributed by atoms with van der Waals surface area (Å²) in [5, 5.41) is 0. The lowest BCUT2D eigenvalue weighted by molar-refractivity contribution is -0.181. The molecule has 1 aliphatic heterocycles. The van der Waals surface area contributed by atoms with E-state index in [1.165, 1.54) is 0 Å². The van der Waals surface area contributed by atoms with Crippen LogP contribution in [0.1, 0.15) is 48.4 Å². The number of cyclic esters (lactones) is 1. The molecule has 3 atom stereocenters. The van der Waals surface area contributed by atoms with Gasteiger partial charge in [-0.25, -0.2) is 0 Å². The minimum atomic E-state index is -0.662. The van der Waals surface area contributed by atoms with Gasteiger partial charge in [-0.3, -0.25) is 9.59 Å². The van der Waals surface area contributed by atoms with Crippen molar-refractivity contribution in [3.8, 4) is 0 Å². The van der Waals surface area contributed by atoms with Crippen LogP contribution in [-0.4, -0.2) is 24.6 Å². The van der Waals surface area contributed by atoms with Gasteiger partial charge in [0.05, 0.1) is 23.4 Å². The topological polar surface area (TPSA) is 52.6 Å². The molecule has 1 spiro atoms. The van der Waals surface area contributed by atoms with Crippen molar-refractivity contribution in [3.63, 3.8) is 0 Å². The third-order valence-corrected chi connectivity index (χ3v) is 6.66. The Balaban J connectivity index is 1.78. The number of benzene rings is 2. The summed E-state index contributed by atoms with van der Waals surface area (Å²) in [4.78, 5) is 26.2. The Kier molecular flexibility index (Phi) is 3.48. The number of esters is 2. The molecule has 1 unspecified atom stereocenters. The van der Waals surface area contributed by atoms with E-state index in [0.29, 0.717) is 0 Å². The summed E-state index contributed by atoms with van der Waals surface area (Å²) in [5.74, 6) is -1.80. The summed E-state index contributed by atoms with van der Waals surface area (Å²) in [6.45, 7) is 4.07. The second-order valence-electron chi connectivity index (χ2n) is 7.89. The molecular formula is C23H22O4. The van der Waals surface area contributed by atoms with Gasteiger partial charge in [-0.15, -0.1) is 0 Å². The molecule has 4 nitrogen and oxygen atoms in total. The molecule has 4 heteroatoms. The lowest BCUT2D eigenvalue weighted by atomic mass is 9.46. The molecule has 27 heavy (non-hydrogen) atoms. The van der Waals surface area contributed by atoms with Crippen molar-refractivity contribution in [1.29, 1.82) is 0 Å². The maximum absolute atomic E-state index is 13.3. The summed E-state index contributed by atoms with van der Waals surface area (Å²) < 4.78 is 11.4. The highest BCUT2D eigenvalue weighted by molar-refractivity contribution is 5.91. The molecule has 0 amide bonds. The molecule has 138 valence electrons. The zero-order chi connectivity index (χ0) is 18.8. The van der Waals surface area contributed by atoms with Crippen LogP contribution < -0.4 is 0 Å². The fourth-order valence-electron chi connectivity index (χ4n) is 5.38. The summed E-state index contributed by atoms with van der Waals surface area (Å²) in [5.41, 5.74) is 3.83. The molecule has 1 saturated heterocycles. The molecule has 3 bridgehead atoms. The third kappa shape index (κ3) is 1.98. The van der Waals surface area contributed by atoms with E-state index in [4.69, 9.17) is 9.47 Å². The molecule has 1 heterocycles. The highest BCUT2D eigenvalue weighted by Gasteiger charge is 2.67. The number of carbonyl (C=O) groups excluding carboxylic acids is 2. The van der Waals surface area contributed by atoms with E-state index < -0.39 is 17.3 Å². The lowest BCUT2D eigenvalue weighted by Gasteiger charge is -2.58. The fourth-order valence-corrected chi connectivity index (χ4v) is 5.38. The van der Waals surface area contributed by atoms with Crippen molar-refractivity contribution in [2.45, 2.75) is 37.7 Å². The highest BCUT2D eigenvalue weighted by Crippen LogP contribution is 2.63. The minimum Gasteiger partial charge on any atom is -0.464 e. The summed E-state index contributed by atoms with van der Waals surface area (Å²) in [7, 11) is 0. The molecular weight excluding hydrogens is 340 g/mol. The maximum Gasteiger partial charge on any atom is 0.311 e. The SMILES string of the molecule is CC[C@H](C)OC(=O)[C@@H]1C2C(=O)OCC13c1ccccc1C2c1ccccc13. The Labute approximate surface area is 158 Å². The maximum atomic E-state index is 13.3. The van der Waals surface area contributed by atoms with Crippen LogP contribution in [0.3, 0.4) is 0 Å². The van der Waals surface area contributed by atoms with Gasteiger partial charge in [0.2, 0.25) is 0 Å². The van der Waals surface area contributed by atoms with Gasteiger partial charge in [0.1, 0.15) is 6.61 Å². The van der Waals surface area contributed by atoms with E-state index in [1.807, 2.05) is 38.1 Å². The number of ether oxygens (including phenoxy) is 2. The predicted octanol–water partition coefficient (Wildman–Crippen LogP) is 3.56. The molecule has 1 fully saturated rings. The van der Waals surface area contributed by atoms with Gasteiger partial charge in [0.15, 0.2) is 0 Å². The van der Waals surface area contributed by atoms with Gasteiger partial charge in [-0.1, -0.05) is 55.5 Å². The zero-order valence-electron chi connectivity index (χ0n) is 15.5. The number of carbonyl (C=O) groups is 2. The van der Waals surface area contributed by atoms with Crippen molar-refractivity contribution in [2.75, 3.05) is 6.61 Å². The van der Waals surface area contributed by atoms with Crippen molar-refractivity contribution in [2.24, 2.45) is 11.8 Å². The summed E-state index contributed by atoms with van der Waals surface area (Å²) >= 11 is 0. The summed E-state index contributed by atoms with van der Waals surface area (Å²) in [6, 6.07) is 16.4. The first-order valence-electron chi connectivity index (χ1n) is 9.65. The molecule has 6 rings (SSSR count). The number of hydrogen-bond donors (Lipinski definition) is 0. The Morgan fingerprint density at radius 2 is 1.74 bits per heavy atom. The van der Waals surface area contributed by atoms with E-state index in [9.17, 15) is 9.59 Å². The minimum absolute atomic E-state index is 0.165. The molecule has 0 radical (unpaired) electrons. The van der Waals surface area contributed by atoms with Crippen molar-refractivity contribution < 1.29 is 19.1 Å². The molecule has 0 N–H and O–H groups in total. The second-order valence-corrected chi connectivity index (χ2v) is 7.89. The van der Waals surface area contributed by atoms with Gasteiger partial charge in [0, 0.05) is 5.92 Å². The highest BCUT2D eigenvalue weighted by atomic mass is 16.6. The normalized spacial score (nSPS) is 30.7. The second kappa shape index (κ2) is 5.69. The van der Waals surface area contributed by atoms with Crippen LogP contribution in [0.5, 0.6) is 0 Å². The van der Waals surface area contributed by atoms with Crippen LogP contribution in [0.4, 0.5) is 0 Å². The Morgan fingerprint density at radius 1 is 1.15 bits per heavy atom. The quantitative estimate of drug-likeness (QED) is 0.784. The van der Waals surface area contributed by atoms with E-state index in [2.05, 4.69) is 24.3 Å². The van der Waals surface area contributed by atoms with Crippen molar-refractivity contribution in [1.82, 2.24) is 0 Å². The first-order valence-corrected chi connectivity index (χ1v) is 9.65. The van der Waals surface area contributed by atoms with Crippen molar-refractivity contribution in [3.05, 3.63) is 70.8 Å². The number of rotatable bonds is 3. The van der Waals surface area contributed by atoms with Crippen LogP contribution in [0, 0.1) is 11.8 Å². The number of hydrogen-bond acceptors (Lipinski definition) is 4. The van der Waals surface area contributed by atoms with E-state index >= 15 is 0 Å². The van der Waals surface area contributed by atoms with Crippen LogP contribution in [0.25, 0.3) is 0 Å². The van der Waals surface area contributed by atoms with Gasteiger partial charge in [-0.2, -0.15) is 0 Å². The van der Waals surface area contributed by atoms with Gasteiger partial charge in [0.25, 0.3) is 0 Å². The van der Waals surface area contributed by atoms with Crippen LogP contribution in [0.2, 0.25) is 0 Å². The van der Waals surface area contributed by atoms with Crippen molar-refractivity contribution >= 4 is 11.9 Å². The standard InChI is InChI=1S/C23H22O4/c1-3-13(2)27-22(25)20-19-18-14-8-4-6-10-16(14)23(20,12-26-21(19)24)17-11-7-5-9-15(17)18/h4-11,13,18-20H,3,12H2,1-2H3/t13-,18?,19?,20-,23?/m0/s1. The molecule has 3 aliphatic carbocycles. The van der Waals surface area contributed by atoms with Gasteiger partial charge >= 0.3 is 11.9 Å². The lowest BCUT2D eigenvalue weighted by Crippen LogP contribution is -2.63. The largest absolute Gasteiger partial charge is 0.464 e. The van der Waals surface area contributed by atoms with Crippen LogP contribution in [0.15, 0.2) is 48.5 Å². The molecule has 4 aliphatic rings. The Morgan fingerprint density at radius 3 is 2.33 bits per heavy atom. The van der Waals surface area contributed by atoms with Gasteiger partial charge in [-0.05, 0) is 35.6 Å². The average molecular weight is 362 g/mol. The Hall–Kier alpha value is -2.62. The third-order valence-electron chi connectivity index (χ3n) is 6.66. The average Bonchev–Trinajstić information content (AvgIpc) is 2.70. The molecule has 2 aromatic rings. The monoisotopic (exact) mass is 362 g/mol. The molecule has 0 aromatic heterocycles. The van der Waals surface area contributed by atoms with Gasteiger partial charge < -0.3 is 9.47 Å². The van der Waals surface area contributed by atoms with E-state index in [1.54, 1.807) is 0 Å². The van der Waals surface area contributed by atoms with Crippen LogP contribution >= 0.6 is 0 Å².